The highest BCUT2D eigenvalue weighted by Gasteiger charge is 2.36. The van der Waals surface area contributed by atoms with Gasteiger partial charge in [0.1, 0.15) is 6.61 Å². The van der Waals surface area contributed by atoms with Gasteiger partial charge in [0.15, 0.2) is 0 Å². The van der Waals surface area contributed by atoms with Gasteiger partial charge in [0, 0.05) is 6.42 Å². The summed E-state index contributed by atoms with van der Waals surface area (Å²) in [5.74, 6) is -0.694. The fraction of sp³-hybridized carbons (Fsp3) is 0.611. The Morgan fingerprint density at radius 3 is 2.48 bits per heavy atom. The van der Waals surface area contributed by atoms with Crippen LogP contribution in [-0.2, 0) is 16.1 Å². The first-order valence-corrected chi connectivity index (χ1v) is 8.12. The molecule has 0 heterocycles. The molecular weight excluding hydrogens is 305 g/mol. The molecule has 128 valence electrons. The maximum absolute atomic E-state index is 12.5. The van der Waals surface area contributed by atoms with E-state index in [-0.39, 0.29) is 18.9 Å². The number of hydrogen-bond donors (Lipinski definition) is 0. The maximum atomic E-state index is 12.5. The van der Waals surface area contributed by atoms with Gasteiger partial charge >= 0.3 is 12.1 Å². The first-order valence-electron chi connectivity index (χ1n) is 8.12. The van der Waals surface area contributed by atoms with Crippen LogP contribution in [-0.4, -0.2) is 12.1 Å². The van der Waals surface area contributed by atoms with Gasteiger partial charge in [0.05, 0.1) is 5.92 Å². The molecule has 1 aliphatic carbocycles. The zero-order valence-electron chi connectivity index (χ0n) is 13.3. The quantitative estimate of drug-likeness (QED) is 0.619. The highest BCUT2D eigenvalue weighted by molar-refractivity contribution is 5.72. The van der Waals surface area contributed by atoms with Crippen molar-refractivity contribution in [1.29, 1.82) is 0 Å². The van der Waals surface area contributed by atoms with Gasteiger partial charge in [0.2, 0.25) is 0 Å². The van der Waals surface area contributed by atoms with Crippen molar-refractivity contribution in [1.82, 2.24) is 0 Å². The fourth-order valence-electron chi connectivity index (χ4n) is 2.83. The summed E-state index contributed by atoms with van der Waals surface area (Å²) in [6.07, 6.45) is -2.32. The molecule has 0 aromatic heterocycles. The van der Waals surface area contributed by atoms with E-state index in [4.69, 9.17) is 4.74 Å². The van der Waals surface area contributed by atoms with E-state index in [9.17, 15) is 18.0 Å². The lowest BCUT2D eigenvalue weighted by Gasteiger charge is -2.23. The molecule has 0 spiro atoms. The van der Waals surface area contributed by atoms with Crippen LogP contribution in [0.25, 0.3) is 0 Å². The fourth-order valence-corrected chi connectivity index (χ4v) is 2.83. The van der Waals surface area contributed by atoms with Crippen molar-refractivity contribution >= 4 is 5.97 Å². The van der Waals surface area contributed by atoms with E-state index in [0.29, 0.717) is 5.92 Å². The number of carbonyl (C=O) groups excluding carboxylic acids is 1. The van der Waals surface area contributed by atoms with E-state index in [2.05, 4.69) is 0 Å². The monoisotopic (exact) mass is 328 g/mol. The summed E-state index contributed by atoms with van der Waals surface area (Å²) in [5, 5.41) is 0. The van der Waals surface area contributed by atoms with E-state index in [1.807, 2.05) is 37.3 Å². The van der Waals surface area contributed by atoms with Gasteiger partial charge in [-0.3, -0.25) is 4.79 Å². The number of alkyl halides is 3. The first kappa shape index (κ1) is 17.8. The Morgan fingerprint density at radius 2 is 1.91 bits per heavy atom. The molecule has 1 aromatic rings. The molecule has 23 heavy (non-hydrogen) atoms. The van der Waals surface area contributed by atoms with Crippen molar-refractivity contribution in [3.8, 4) is 0 Å². The Bertz CT molecular complexity index is 495. The molecule has 0 bridgehead atoms. The second-order valence-corrected chi connectivity index (χ2v) is 6.51. The molecule has 0 saturated heterocycles. The number of ether oxygens (including phenoxy) is 1. The molecule has 0 amide bonds. The third-order valence-corrected chi connectivity index (χ3v) is 4.35. The van der Waals surface area contributed by atoms with Gasteiger partial charge in [-0.15, -0.1) is 0 Å². The summed E-state index contributed by atoms with van der Waals surface area (Å²) in [6.45, 7) is 1.97. The molecule has 2 nitrogen and oxygen atoms in total. The third-order valence-electron chi connectivity index (χ3n) is 4.35. The van der Waals surface area contributed by atoms with Crippen LogP contribution in [0, 0.1) is 17.8 Å². The van der Waals surface area contributed by atoms with Crippen molar-refractivity contribution in [3.63, 3.8) is 0 Å². The van der Waals surface area contributed by atoms with Gasteiger partial charge < -0.3 is 4.74 Å². The molecule has 1 aliphatic rings. The van der Waals surface area contributed by atoms with Crippen LogP contribution in [0.3, 0.4) is 0 Å². The lowest BCUT2D eigenvalue weighted by atomic mass is 9.86. The molecule has 0 unspecified atom stereocenters. The van der Waals surface area contributed by atoms with Crippen LogP contribution < -0.4 is 0 Å². The van der Waals surface area contributed by atoms with Crippen molar-refractivity contribution in [2.75, 3.05) is 0 Å². The summed E-state index contributed by atoms with van der Waals surface area (Å²) in [4.78, 5) is 12.3. The van der Waals surface area contributed by atoms with Crippen LogP contribution in [0.4, 0.5) is 13.2 Å². The van der Waals surface area contributed by atoms with Gasteiger partial charge in [-0.1, -0.05) is 50.1 Å². The van der Waals surface area contributed by atoms with Gasteiger partial charge in [-0.05, 0) is 30.2 Å². The number of halogens is 3. The maximum Gasteiger partial charge on any atom is 0.389 e. The minimum Gasteiger partial charge on any atom is -0.461 e. The lowest BCUT2D eigenvalue weighted by Crippen LogP contribution is -2.26. The molecule has 1 fully saturated rings. The Kier molecular flexibility index (Phi) is 6.08. The standard InChI is InChI=1S/C18H23F3O2/c1-13(11-14-7-8-14)16(9-10-18(19,20)21)17(22)23-12-15-5-3-2-4-6-15/h2-6,13-14,16H,7-12H2,1H3/t13-,16-/m1/s1. The van der Waals surface area contributed by atoms with Gasteiger partial charge in [-0.2, -0.15) is 13.2 Å². The van der Waals surface area contributed by atoms with E-state index in [1.54, 1.807) is 0 Å². The second-order valence-electron chi connectivity index (χ2n) is 6.51. The van der Waals surface area contributed by atoms with Crippen LogP contribution in [0.2, 0.25) is 0 Å². The van der Waals surface area contributed by atoms with Crippen molar-refractivity contribution < 1.29 is 22.7 Å². The molecule has 2 rings (SSSR count). The molecule has 0 N–H and O–H groups in total. The normalized spacial score (nSPS) is 17.6. The van der Waals surface area contributed by atoms with E-state index < -0.39 is 24.5 Å². The molecule has 2 atom stereocenters. The smallest absolute Gasteiger partial charge is 0.389 e. The Balaban J connectivity index is 1.91. The molecular formula is C18H23F3O2. The summed E-state index contributed by atoms with van der Waals surface area (Å²) in [6, 6.07) is 9.17. The largest absolute Gasteiger partial charge is 0.461 e. The molecule has 0 aliphatic heterocycles. The van der Waals surface area contributed by atoms with Gasteiger partial charge in [0.25, 0.3) is 0 Å². The lowest BCUT2D eigenvalue weighted by molar-refractivity contribution is -0.157. The van der Waals surface area contributed by atoms with E-state index in [0.717, 1.165) is 24.8 Å². The first-order chi connectivity index (χ1) is 10.8. The minimum absolute atomic E-state index is 0.0758. The summed E-state index contributed by atoms with van der Waals surface area (Å²) in [5.41, 5.74) is 0.838. The topological polar surface area (TPSA) is 26.3 Å². The highest BCUT2D eigenvalue weighted by atomic mass is 19.4. The molecule has 5 heteroatoms. The Labute approximate surface area is 135 Å². The summed E-state index contributed by atoms with van der Waals surface area (Å²) >= 11 is 0. The Morgan fingerprint density at radius 1 is 1.26 bits per heavy atom. The Hall–Kier alpha value is -1.52. The van der Waals surface area contributed by atoms with Crippen molar-refractivity contribution in [2.45, 2.75) is 51.8 Å². The van der Waals surface area contributed by atoms with E-state index in [1.165, 1.54) is 0 Å². The number of carbonyl (C=O) groups is 1. The molecule has 1 saturated carbocycles. The highest BCUT2D eigenvalue weighted by Crippen LogP contribution is 2.39. The number of benzene rings is 1. The molecule has 0 radical (unpaired) electrons. The number of hydrogen-bond acceptors (Lipinski definition) is 2. The van der Waals surface area contributed by atoms with Crippen LogP contribution in [0.5, 0.6) is 0 Å². The third kappa shape index (κ3) is 6.63. The van der Waals surface area contributed by atoms with Crippen LogP contribution in [0.1, 0.15) is 44.6 Å². The van der Waals surface area contributed by atoms with Crippen LogP contribution >= 0.6 is 0 Å². The second kappa shape index (κ2) is 7.84. The number of esters is 1. The number of rotatable bonds is 8. The van der Waals surface area contributed by atoms with Gasteiger partial charge in [-0.25, -0.2) is 0 Å². The zero-order valence-corrected chi connectivity index (χ0v) is 13.3. The summed E-state index contributed by atoms with van der Waals surface area (Å²) < 4.78 is 42.8. The van der Waals surface area contributed by atoms with Crippen molar-refractivity contribution in [2.24, 2.45) is 17.8 Å². The van der Waals surface area contributed by atoms with Crippen molar-refractivity contribution in [3.05, 3.63) is 35.9 Å². The van der Waals surface area contributed by atoms with E-state index >= 15 is 0 Å². The molecule has 1 aromatic carbocycles. The minimum atomic E-state index is -4.24. The average molecular weight is 328 g/mol. The SMILES string of the molecule is C[C@H](CC1CC1)[C@@H](CCC(F)(F)F)C(=O)OCc1ccccc1. The van der Waals surface area contributed by atoms with Crippen LogP contribution in [0.15, 0.2) is 30.3 Å². The summed E-state index contributed by atoms with van der Waals surface area (Å²) in [7, 11) is 0. The zero-order chi connectivity index (χ0) is 16.9. The predicted octanol–water partition coefficient (Wildman–Crippen LogP) is 5.12. The average Bonchev–Trinajstić information content (AvgIpc) is 3.29. The predicted molar refractivity (Wildman–Crippen MR) is 81.5 cm³/mol.